The Kier molecular flexibility index (Phi) is 4.15. The van der Waals surface area contributed by atoms with Gasteiger partial charge in [-0.05, 0) is 48.8 Å². The Labute approximate surface area is 142 Å². The fourth-order valence-corrected chi connectivity index (χ4v) is 3.34. The van der Waals surface area contributed by atoms with Crippen molar-refractivity contribution in [2.24, 2.45) is 0 Å². The normalized spacial score (nSPS) is 22.9. The average Bonchev–Trinajstić information content (AvgIpc) is 3.40. The van der Waals surface area contributed by atoms with Crippen LogP contribution in [0.3, 0.4) is 0 Å². The van der Waals surface area contributed by atoms with E-state index in [0.29, 0.717) is 18.3 Å². The number of pyridine rings is 1. The van der Waals surface area contributed by atoms with Crippen molar-refractivity contribution in [3.05, 3.63) is 64.1 Å². The first kappa shape index (κ1) is 15.5. The van der Waals surface area contributed by atoms with E-state index in [9.17, 15) is 4.79 Å². The number of nitrogens with zero attached hydrogens (tertiary/aromatic N) is 1. The molecule has 2 aromatic rings. The number of aromatic nitrogens is 1. The predicted molar refractivity (Wildman–Crippen MR) is 92.5 cm³/mol. The average molecular weight is 325 g/mol. The molecule has 0 N–H and O–H groups in total. The molecule has 0 spiro atoms. The number of hydrogen-bond donors (Lipinski definition) is 0. The van der Waals surface area contributed by atoms with Crippen molar-refractivity contribution in [2.75, 3.05) is 7.11 Å². The standard InChI is InChI=1S/C20H23NO3/c1-23-19-9-16(15-7-8-15)12-21(20(19)22)17-10-18(11-17)24-13-14-5-3-2-4-6-14/h2-6,9,12,15,17-18H,7-8,10-11,13H2,1H3/t17-,18+. The summed E-state index contributed by atoms with van der Waals surface area (Å²) in [7, 11) is 1.57. The van der Waals surface area contributed by atoms with Crippen LogP contribution in [0, 0.1) is 0 Å². The summed E-state index contributed by atoms with van der Waals surface area (Å²) in [6, 6.07) is 12.4. The van der Waals surface area contributed by atoms with E-state index in [0.717, 1.165) is 12.8 Å². The molecule has 4 rings (SSSR count). The summed E-state index contributed by atoms with van der Waals surface area (Å²) in [6.07, 6.45) is 6.50. The summed E-state index contributed by atoms with van der Waals surface area (Å²) in [5.41, 5.74) is 2.41. The van der Waals surface area contributed by atoms with Gasteiger partial charge in [-0.25, -0.2) is 0 Å². The fourth-order valence-electron chi connectivity index (χ4n) is 3.34. The second-order valence-corrected chi connectivity index (χ2v) is 6.87. The third-order valence-electron chi connectivity index (χ3n) is 5.09. The first-order valence-corrected chi connectivity index (χ1v) is 8.70. The fraction of sp³-hybridized carbons (Fsp3) is 0.450. The molecule has 24 heavy (non-hydrogen) atoms. The molecule has 1 aromatic carbocycles. The highest BCUT2D eigenvalue weighted by Crippen LogP contribution is 2.42. The Morgan fingerprint density at radius 1 is 1.17 bits per heavy atom. The summed E-state index contributed by atoms with van der Waals surface area (Å²) >= 11 is 0. The van der Waals surface area contributed by atoms with Crippen molar-refractivity contribution < 1.29 is 9.47 Å². The molecule has 2 fully saturated rings. The van der Waals surface area contributed by atoms with Gasteiger partial charge in [0, 0.05) is 12.2 Å². The minimum atomic E-state index is -0.0200. The lowest BCUT2D eigenvalue weighted by molar-refractivity contribution is -0.0366. The van der Waals surface area contributed by atoms with Crippen LogP contribution in [0.2, 0.25) is 0 Å². The van der Waals surface area contributed by atoms with Crippen LogP contribution in [0.1, 0.15) is 48.8 Å². The van der Waals surface area contributed by atoms with Gasteiger partial charge in [-0.2, -0.15) is 0 Å². The summed E-state index contributed by atoms with van der Waals surface area (Å²) in [5, 5.41) is 0. The number of hydrogen-bond acceptors (Lipinski definition) is 3. The van der Waals surface area contributed by atoms with Crippen LogP contribution in [0.4, 0.5) is 0 Å². The van der Waals surface area contributed by atoms with E-state index in [1.807, 2.05) is 35.0 Å². The van der Waals surface area contributed by atoms with Crippen molar-refractivity contribution in [2.45, 2.75) is 50.4 Å². The van der Waals surface area contributed by atoms with Gasteiger partial charge in [0.1, 0.15) is 0 Å². The SMILES string of the molecule is COc1cc(C2CC2)cn([C@H]2C[C@@H](OCc3ccccc3)C2)c1=O. The van der Waals surface area contributed by atoms with Crippen molar-refractivity contribution in [3.8, 4) is 5.75 Å². The van der Waals surface area contributed by atoms with Crippen LogP contribution in [0.5, 0.6) is 5.75 Å². The predicted octanol–water partition coefficient (Wildman–Crippen LogP) is 3.65. The Balaban J connectivity index is 1.41. The van der Waals surface area contributed by atoms with Crippen LogP contribution in [-0.4, -0.2) is 17.8 Å². The van der Waals surface area contributed by atoms with E-state index in [4.69, 9.17) is 9.47 Å². The van der Waals surface area contributed by atoms with Crippen LogP contribution in [0.15, 0.2) is 47.4 Å². The molecule has 2 aliphatic carbocycles. The van der Waals surface area contributed by atoms with Crippen molar-refractivity contribution in [3.63, 3.8) is 0 Å². The maximum absolute atomic E-state index is 12.5. The number of benzene rings is 1. The molecule has 0 radical (unpaired) electrons. The first-order valence-electron chi connectivity index (χ1n) is 8.70. The molecule has 2 aliphatic rings. The van der Waals surface area contributed by atoms with Crippen LogP contribution in [0.25, 0.3) is 0 Å². The van der Waals surface area contributed by atoms with Crippen LogP contribution < -0.4 is 10.3 Å². The van der Waals surface area contributed by atoms with Crippen molar-refractivity contribution in [1.82, 2.24) is 4.57 Å². The molecule has 1 aromatic heterocycles. The highest BCUT2D eigenvalue weighted by molar-refractivity contribution is 5.30. The molecule has 0 saturated heterocycles. The van der Waals surface area contributed by atoms with E-state index in [1.165, 1.54) is 24.0 Å². The molecule has 4 heteroatoms. The highest BCUT2D eigenvalue weighted by atomic mass is 16.5. The Hall–Kier alpha value is -2.07. The van der Waals surface area contributed by atoms with E-state index < -0.39 is 0 Å². The molecule has 126 valence electrons. The molecule has 0 aliphatic heterocycles. The van der Waals surface area contributed by atoms with Gasteiger partial charge in [0.05, 0.1) is 19.8 Å². The van der Waals surface area contributed by atoms with Gasteiger partial charge >= 0.3 is 0 Å². The molecule has 1 heterocycles. The zero-order chi connectivity index (χ0) is 16.5. The molecule has 2 saturated carbocycles. The lowest BCUT2D eigenvalue weighted by Crippen LogP contribution is -2.38. The summed E-state index contributed by atoms with van der Waals surface area (Å²) in [4.78, 5) is 12.5. The number of methoxy groups -OCH3 is 1. The highest BCUT2D eigenvalue weighted by Gasteiger charge is 2.34. The van der Waals surface area contributed by atoms with Gasteiger partial charge in [0.2, 0.25) is 0 Å². The zero-order valence-corrected chi connectivity index (χ0v) is 14.0. The lowest BCUT2D eigenvalue weighted by atomic mass is 9.88. The molecule has 0 atom stereocenters. The maximum Gasteiger partial charge on any atom is 0.293 e. The first-order chi connectivity index (χ1) is 11.7. The van der Waals surface area contributed by atoms with Gasteiger partial charge in [-0.1, -0.05) is 30.3 Å². The minimum absolute atomic E-state index is 0.0200. The minimum Gasteiger partial charge on any atom is -0.491 e. The monoisotopic (exact) mass is 325 g/mol. The Morgan fingerprint density at radius 2 is 1.92 bits per heavy atom. The molecule has 4 nitrogen and oxygen atoms in total. The lowest BCUT2D eigenvalue weighted by Gasteiger charge is -2.36. The molecular weight excluding hydrogens is 302 g/mol. The van der Waals surface area contributed by atoms with Gasteiger partial charge in [-0.3, -0.25) is 4.79 Å². The van der Waals surface area contributed by atoms with Crippen molar-refractivity contribution >= 4 is 0 Å². The number of rotatable bonds is 6. The Morgan fingerprint density at radius 3 is 2.58 bits per heavy atom. The topological polar surface area (TPSA) is 40.5 Å². The van der Waals surface area contributed by atoms with Crippen LogP contribution in [-0.2, 0) is 11.3 Å². The Bertz CT molecular complexity index is 758. The maximum atomic E-state index is 12.5. The zero-order valence-electron chi connectivity index (χ0n) is 14.0. The van der Waals surface area contributed by atoms with Crippen LogP contribution >= 0.6 is 0 Å². The van der Waals surface area contributed by atoms with Gasteiger partial charge in [0.25, 0.3) is 5.56 Å². The van der Waals surface area contributed by atoms with Crippen molar-refractivity contribution in [1.29, 1.82) is 0 Å². The second kappa shape index (κ2) is 6.44. The summed E-state index contributed by atoms with van der Waals surface area (Å²) < 4.78 is 13.1. The summed E-state index contributed by atoms with van der Waals surface area (Å²) in [5.74, 6) is 1.07. The van der Waals surface area contributed by atoms with E-state index in [-0.39, 0.29) is 17.7 Å². The number of ether oxygens (including phenoxy) is 2. The third-order valence-corrected chi connectivity index (χ3v) is 5.09. The van der Waals surface area contributed by atoms with Gasteiger partial charge < -0.3 is 14.0 Å². The van der Waals surface area contributed by atoms with E-state index in [1.54, 1.807) is 7.11 Å². The molecule has 0 amide bonds. The van der Waals surface area contributed by atoms with Gasteiger partial charge in [-0.15, -0.1) is 0 Å². The van der Waals surface area contributed by atoms with Gasteiger partial charge in [0.15, 0.2) is 5.75 Å². The summed E-state index contributed by atoms with van der Waals surface area (Å²) in [6.45, 7) is 0.637. The quantitative estimate of drug-likeness (QED) is 0.814. The molecular formula is C20H23NO3. The van der Waals surface area contributed by atoms with E-state index in [2.05, 4.69) is 12.1 Å². The third kappa shape index (κ3) is 3.11. The smallest absolute Gasteiger partial charge is 0.293 e. The van der Waals surface area contributed by atoms with E-state index >= 15 is 0 Å². The molecule has 0 bridgehead atoms. The largest absolute Gasteiger partial charge is 0.491 e. The second-order valence-electron chi connectivity index (χ2n) is 6.87. The molecule has 0 unspecified atom stereocenters.